The largest absolute Gasteiger partial charge is 0.307 e. The van der Waals surface area contributed by atoms with Crippen molar-refractivity contribution >= 4 is 12.4 Å². The Morgan fingerprint density at radius 2 is 2.05 bits per heavy atom. The molecule has 0 spiro atoms. The molecule has 9 heteroatoms. The number of nitrogens with one attached hydrogen (secondary N) is 1. The fourth-order valence-electron chi connectivity index (χ4n) is 1.78. The van der Waals surface area contributed by atoms with Gasteiger partial charge in [0.15, 0.2) is 0 Å². The van der Waals surface area contributed by atoms with Crippen molar-refractivity contribution in [2.24, 2.45) is 0 Å². The molecule has 2 heterocycles. The molecule has 0 fully saturated rings. The molecule has 0 amide bonds. The number of hydrogen-bond donors (Lipinski definition) is 1. The highest BCUT2D eigenvalue weighted by molar-refractivity contribution is 5.85. The van der Waals surface area contributed by atoms with E-state index in [1.165, 1.54) is 9.36 Å². The van der Waals surface area contributed by atoms with Crippen LogP contribution >= 0.6 is 12.4 Å². The van der Waals surface area contributed by atoms with Crippen LogP contribution in [-0.2, 0) is 26.2 Å². The van der Waals surface area contributed by atoms with E-state index in [4.69, 9.17) is 0 Å². The molecule has 0 saturated heterocycles. The van der Waals surface area contributed by atoms with E-state index in [1.54, 1.807) is 18.6 Å². The van der Waals surface area contributed by atoms with Crippen molar-refractivity contribution in [2.45, 2.75) is 32.6 Å². The quantitative estimate of drug-likeness (QED) is 0.808. The highest BCUT2D eigenvalue weighted by Crippen LogP contribution is 2.02. The maximum atomic E-state index is 12.2. The zero-order chi connectivity index (χ0) is 14.4. The van der Waals surface area contributed by atoms with Crippen molar-refractivity contribution in [1.82, 2.24) is 24.9 Å². The summed E-state index contributed by atoms with van der Waals surface area (Å²) in [6.45, 7) is 0.449. The van der Waals surface area contributed by atoms with Crippen molar-refractivity contribution in [3.63, 3.8) is 0 Å². The van der Waals surface area contributed by atoms with E-state index >= 15 is 0 Å². The topological polar surface area (TPSA) is 47.7 Å². The third-order valence-electron chi connectivity index (χ3n) is 2.66. The second-order valence-corrected chi connectivity index (χ2v) is 4.32. The number of aryl methyl sites for hydroxylation is 1. The molecule has 2 aromatic heterocycles. The van der Waals surface area contributed by atoms with Gasteiger partial charge in [0.1, 0.15) is 13.2 Å². The second kappa shape index (κ2) is 8.68. The predicted octanol–water partition coefficient (Wildman–Crippen LogP) is 2.03. The Kier molecular flexibility index (Phi) is 7.24. The fourth-order valence-corrected chi connectivity index (χ4v) is 1.78. The normalized spacial score (nSPS) is 10.9. The number of hydrogen-bond acceptors (Lipinski definition) is 3. The third kappa shape index (κ3) is 5.76. The van der Waals surface area contributed by atoms with Gasteiger partial charge in [-0.15, -0.1) is 12.4 Å². The lowest BCUT2D eigenvalue weighted by Crippen LogP contribution is -2.13. The van der Waals surface area contributed by atoms with E-state index in [0.717, 1.165) is 11.3 Å². The van der Waals surface area contributed by atoms with E-state index < -0.39 is 19.6 Å². The Morgan fingerprint density at radius 3 is 2.76 bits per heavy atom. The summed E-state index contributed by atoms with van der Waals surface area (Å²) in [6, 6.07) is 1.81. The molecule has 0 aliphatic carbocycles. The Hall–Kier alpha value is -1.54. The first-order valence-corrected chi connectivity index (χ1v) is 6.26. The minimum Gasteiger partial charge on any atom is -0.307 e. The van der Waals surface area contributed by atoms with Gasteiger partial charge in [-0.2, -0.15) is 10.2 Å². The average Bonchev–Trinajstić information content (AvgIpc) is 2.99. The standard InChI is InChI=1S/C12H16F3N5.ClH/c13-2-4-19-3-1-11(18-19)7-16-5-10-6-17-20(8-10)9-12(14)15;/h1,3,6,8,12,16H,2,4-5,7,9H2;1H. The molecular formula is C12H17ClF3N5. The summed E-state index contributed by atoms with van der Waals surface area (Å²) in [5.74, 6) is 0. The van der Waals surface area contributed by atoms with Crippen molar-refractivity contribution in [2.75, 3.05) is 6.67 Å². The zero-order valence-corrected chi connectivity index (χ0v) is 12.1. The first-order valence-electron chi connectivity index (χ1n) is 6.26. The van der Waals surface area contributed by atoms with E-state index in [0.29, 0.717) is 13.1 Å². The SMILES string of the molecule is Cl.FCCn1ccc(CNCc2cnn(CC(F)F)c2)n1. The molecule has 2 aromatic rings. The summed E-state index contributed by atoms with van der Waals surface area (Å²) in [5, 5.41) is 11.1. The van der Waals surface area contributed by atoms with Gasteiger partial charge in [-0.1, -0.05) is 0 Å². The molecule has 118 valence electrons. The van der Waals surface area contributed by atoms with Crippen molar-refractivity contribution in [3.05, 3.63) is 35.9 Å². The summed E-state index contributed by atoms with van der Waals surface area (Å²) in [7, 11) is 0. The van der Waals surface area contributed by atoms with Gasteiger partial charge < -0.3 is 5.32 Å². The fraction of sp³-hybridized carbons (Fsp3) is 0.500. The number of rotatable bonds is 8. The van der Waals surface area contributed by atoms with E-state index in [1.807, 2.05) is 6.07 Å². The highest BCUT2D eigenvalue weighted by Gasteiger charge is 2.05. The first kappa shape index (κ1) is 17.5. The van der Waals surface area contributed by atoms with Gasteiger partial charge in [-0.3, -0.25) is 9.36 Å². The Morgan fingerprint density at radius 1 is 1.24 bits per heavy atom. The zero-order valence-electron chi connectivity index (χ0n) is 11.3. The van der Waals surface area contributed by atoms with Crippen molar-refractivity contribution in [3.8, 4) is 0 Å². The van der Waals surface area contributed by atoms with Gasteiger partial charge in [0.05, 0.1) is 18.4 Å². The van der Waals surface area contributed by atoms with Gasteiger partial charge in [-0.25, -0.2) is 13.2 Å². The predicted molar refractivity (Wildman–Crippen MR) is 74.2 cm³/mol. The Bertz CT molecular complexity index is 528. The van der Waals surface area contributed by atoms with Crippen LogP contribution in [0.25, 0.3) is 0 Å². The average molecular weight is 324 g/mol. The molecule has 0 saturated carbocycles. The van der Waals surface area contributed by atoms with Crippen LogP contribution in [0, 0.1) is 0 Å². The van der Waals surface area contributed by atoms with Gasteiger partial charge in [0.25, 0.3) is 6.43 Å². The minimum atomic E-state index is -2.41. The van der Waals surface area contributed by atoms with Crippen molar-refractivity contribution in [1.29, 1.82) is 0 Å². The summed E-state index contributed by atoms with van der Waals surface area (Å²) in [6.07, 6.45) is 2.45. The van der Waals surface area contributed by atoms with Crippen LogP contribution in [0.2, 0.25) is 0 Å². The Balaban J connectivity index is 0.00000220. The molecule has 5 nitrogen and oxygen atoms in total. The number of nitrogens with zero attached hydrogens (tertiary/aromatic N) is 4. The molecule has 0 atom stereocenters. The van der Waals surface area contributed by atoms with E-state index in [-0.39, 0.29) is 19.0 Å². The molecule has 21 heavy (non-hydrogen) atoms. The lowest BCUT2D eigenvalue weighted by Gasteiger charge is -2.01. The molecule has 2 rings (SSSR count). The molecular weight excluding hydrogens is 307 g/mol. The number of alkyl halides is 3. The smallest absolute Gasteiger partial charge is 0.257 e. The molecule has 0 aliphatic heterocycles. The molecule has 1 N–H and O–H groups in total. The van der Waals surface area contributed by atoms with E-state index in [2.05, 4.69) is 15.5 Å². The third-order valence-corrected chi connectivity index (χ3v) is 2.66. The molecule has 0 radical (unpaired) electrons. The summed E-state index contributed by atoms with van der Waals surface area (Å²) in [4.78, 5) is 0. The van der Waals surface area contributed by atoms with Crippen LogP contribution < -0.4 is 5.32 Å². The molecule has 0 aliphatic rings. The van der Waals surface area contributed by atoms with Gasteiger partial charge in [-0.05, 0) is 6.07 Å². The van der Waals surface area contributed by atoms with Crippen LogP contribution in [0.4, 0.5) is 13.2 Å². The minimum absolute atomic E-state index is 0. The summed E-state index contributed by atoms with van der Waals surface area (Å²) < 4.78 is 39.2. The maximum Gasteiger partial charge on any atom is 0.257 e. The van der Waals surface area contributed by atoms with Gasteiger partial charge in [0.2, 0.25) is 0 Å². The second-order valence-electron chi connectivity index (χ2n) is 4.32. The first-order chi connectivity index (χ1) is 9.67. The lowest BCUT2D eigenvalue weighted by atomic mass is 10.3. The van der Waals surface area contributed by atoms with Crippen LogP contribution in [0.3, 0.4) is 0 Å². The molecule has 0 unspecified atom stereocenters. The van der Waals surface area contributed by atoms with Crippen molar-refractivity contribution < 1.29 is 13.2 Å². The Labute approximate surface area is 126 Å². The van der Waals surface area contributed by atoms with Crippen LogP contribution in [0.15, 0.2) is 24.7 Å². The number of halogens is 4. The maximum absolute atomic E-state index is 12.2. The number of aromatic nitrogens is 4. The van der Waals surface area contributed by atoms with Crippen LogP contribution in [-0.4, -0.2) is 32.7 Å². The van der Waals surface area contributed by atoms with E-state index in [9.17, 15) is 13.2 Å². The molecule has 0 aromatic carbocycles. The highest BCUT2D eigenvalue weighted by atomic mass is 35.5. The van der Waals surface area contributed by atoms with Crippen LogP contribution in [0.5, 0.6) is 0 Å². The molecule has 0 bridgehead atoms. The lowest BCUT2D eigenvalue weighted by molar-refractivity contribution is 0.122. The summed E-state index contributed by atoms with van der Waals surface area (Å²) >= 11 is 0. The van der Waals surface area contributed by atoms with Gasteiger partial charge >= 0.3 is 0 Å². The monoisotopic (exact) mass is 323 g/mol. The van der Waals surface area contributed by atoms with Crippen LogP contribution in [0.1, 0.15) is 11.3 Å². The van der Waals surface area contributed by atoms with Gasteiger partial charge in [0, 0.05) is 31.0 Å². The summed E-state index contributed by atoms with van der Waals surface area (Å²) in [5.41, 5.74) is 1.63.